The molecule has 32 heavy (non-hydrogen) atoms. The third kappa shape index (κ3) is 2.46. The van der Waals surface area contributed by atoms with Gasteiger partial charge in [-0.05, 0) is 18.2 Å². The molecule has 0 radical (unpaired) electrons. The molecule has 0 saturated carbocycles. The predicted octanol–water partition coefficient (Wildman–Crippen LogP) is 2.07. The number of hydrogen-bond donors (Lipinski definition) is 2. The molecule has 5 rings (SSSR count). The fraction of sp³-hybridized carbons (Fsp3) is 0.217. The van der Waals surface area contributed by atoms with Crippen LogP contribution in [0.2, 0.25) is 0 Å². The summed E-state index contributed by atoms with van der Waals surface area (Å²) in [6.07, 6.45) is 1.80. The van der Waals surface area contributed by atoms with Crippen LogP contribution in [0.5, 0.6) is 0 Å². The lowest BCUT2D eigenvalue weighted by molar-refractivity contribution is -0.136. The van der Waals surface area contributed by atoms with E-state index in [4.69, 9.17) is 14.9 Å². The summed E-state index contributed by atoms with van der Waals surface area (Å²) >= 11 is 0. The fourth-order valence-corrected chi connectivity index (χ4v) is 4.98. The average molecular weight is 431 g/mol. The molecule has 9 nitrogen and oxygen atoms in total. The standard InChI is InChI=1S/C23H17N3O6/c24-10-14-21(25)32-18-9-12(17-6-3-7-31-17)8-16(27)20(18)23(14)13-4-1-2-5-15(13)26(22(23)30)11-19(28)29/h1-7,12H,8-9,11,25H2,(H,28,29)/t12-,23+/m1/s1. The topological polar surface area (TPSA) is 147 Å². The highest BCUT2D eigenvalue weighted by molar-refractivity contribution is 6.21. The number of benzene rings is 1. The number of fused-ring (bicyclic) bond motifs is 3. The Morgan fingerprint density at radius 3 is 2.72 bits per heavy atom. The first-order chi connectivity index (χ1) is 15.4. The quantitative estimate of drug-likeness (QED) is 0.751. The number of carbonyl (C=O) groups is 3. The Hall–Kier alpha value is -4.32. The summed E-state index contributed by atoms with van der Waals surface area (Å²) in [5, 5.41) is 19.4. The van der Waals surface area contributed by atoms with Gasteiger partial charge in [0.05, 0.1) is 11.8 Å². The number of carbonyl (C=O) groups excluding carboxylic acids is 2. The summed E-state index contributed by atoms with van der Waals surface area (Å²) in [5.74, 6) is -2.11. The SMILES string of the molecule is N#CC1=C(N)OC2=C(C(=O)C[C@@H](c3ccco3)C2)[C@@]12C(=O)N(CC(=O)O)c1ccccc12. The number of rotatable bonds is 3. The molecule has 9 heteroatoms. The van der Waals surface area contributed by atoms with Crippen LogP contribution in [0.4, 0.5) is 5.69 Å². The molecule has 0 unspecified atom stereocenters. The zero-order valence-electron chi connectivity index (χ0n) is 16.7. The van der Waals surface area contributed by atoms with Crippen LogP contribution in [-0.2, 0) is 24.5 Å². The van der Waals surface area contributed by atoms with Gasteiger partial charge in [-0.2, -0.15) is 5.26 Å². The van der Waals surface area contributed by atoms with E-state index in [-0.39, 0.29) is 47.3 Å². The molecule has 3 N–H and O–H groups in total. The smallest absolute Gasteiger partial charge is 0.323 e. The monoisotopic (exact) mass is 431 g/mol. The highest BCUT2D eigenvalue weighted by Crippen LogP contribution is 2.56. The van der Waals surface area contributed by atoms with Crippen molar-refractivity contribution in [1.29, 1.82) is 5.26 Å². The summed E-state index contributed by atoms with van der Waals surface area (Å²) in [4.78, 5) is 40.0. The van der Waals surface area contributed by atoms with Crippen LogP contribution in [0, 0.1) is 11.3 Å². The minimum atomic E-state index is -1.84. The Bertz CT molecular complexity index is 1280. The minimum absolute atomic E-state index is 0.0383. The van der Waals surface area contributed by atoms with Crippen LogP contribution in [-0.4, -0.2) is 29.3 Å². The van der Waals surface area contributed by atoms with Gasteiger partial charge in [0.2, 0.25) is 11.8 Å². The lowest BCUT2D eigenvalue weighted by atomic mass is 9.64. The molecule has 0 bridgehead atoms. The number of carboxylic acids is 1. The van der Waals surface area contributed by atoms with Crippen molar-refractivity contribution in [1.82, 2.24) is 0 Å². The van der Waals surface area contributed by atoms with Crippen molar-refractivity contribution in [2.24, 2.45) is 5.73 Å². The summed E-state index contributed by atoms with van der Waals surface area (Å²) in [6, 6.07) is 11.9. The minimum Gasteiger partial charge on any atom is -0.480 e. The molecule has 0 saturated heterocycles. The second kappa shape index (κ2) is 6.85. The first-order valence-corrected chi connectivity index (χ1v) is 9.91. The number of carboxylic acid groups (broad SMARTS) is 1. The highest BCUT2D eigenvalue weighted by Gasteiger charge is 2.62. The van der Waals surface area contributed by atoms with Gasteiger partial charge in [-0.3, -0.25) is 19.3 Å². The van der Waals surface area contributed by atoms with E-state index in [9.17, 15) is 24.8 Å². The molecule has 2 aromatic rings. The number of aliphatic carboxylic acids is 1. The second-order valence-corrected chi connectivity index (χ2v) is 7.85. The van der Waals surface area contributed by atoms with Crippen LogP contribution in [0.15, 0.2) is 69.9 Å². The third-order valence-corrected chi connectivity index (χ3v) is 6.17. The maximum atomic E-state index is 13.9. The number of allylic oxidation sites excluding steroid dienone is 1. The van der Waals surface area contributed by atoms with Gasteiger partial charge >= 0.3 is 5.97 Å². The summed E-state index contributed by atoms with van der Waals surface area (Å²) in [7, 11) is 0. The number of ether oxygens (including phenoxy) is 1. The molecular formula is C23H17N3O6. The normalized spacial score (nSPS) is 24.3. The number of nitrogens with zero attached hydrogens (tertiary/aromatic N) is 2. The Balaban J connectivity index is 1.77. The Kier molecular flexibility index (Phi) is 4.20. The van der Waals surface area contributed by atoms with Crippen LogP contribution in [0.25, 0.3) is 0 Å². The molecular weight excluding hydrogens is 414 g/mol. The van der Waals surface area contributed by atoms with Crippen molar-refractivity contribution in [3.8, 4) is 6.07 Å². The highest BCUT2D eigenvalue weighted by atomic mass is 16.5. The van der Waals surface area contributed by atoms with Crippen molar-refractivity contribution < 1.29 is 28.6 Å². The van der Waals surface area contributed by atoms with Crippen LogP contribution in [0.1, 0.15) is 30.1 Å². The number of hydrogen-bond acceptors (Lipinski definition) is 7. The van der Waals surface area contributed by atoms with E-state index < -0.39 is 23.8 Å². The summed E-state index contributed by atoms with van der Waals surface area (Å²) in [6.45, 7) is -0.622. The maximum absolute atomic E-state index is 13.9. The Morgan fingerprint density at radius 1 is 1.25 bits per heavy atom. The number of para-hydroxylation sites is 1. The molecule has 3 aliphatic rings. The number of ketones is 1. The molecule has 160 valence electrons. The van der Waals surface area contributed by atoms with Crippen LogP contribution < -0.4 is 10.6 Å². The van der Waals surface area contributed by atoms with E-state index >= 15 is 0 Å². The number of nitrogens with two attached hydrogens (primary N) is 1. The van der Waals surface area contributed by atoms with Crippen molar-refractivity contribution in [2.75, 3.05) is 11.4 Å². The molecule has 2 aliphatic heterocycles. The molecule has 0 fully saturated rings. The molecule has 1 aromatic heterocycles. The summed E-state index contributed by atoms with van der Waals surface area (Å²) < 4.78 is 11.2. The van der Waals surface area contributed by atoms with Crippen molar-refractivity contribution in [3.63, 3.8) is 0 Å². The third-order valence-electron chi connectivity index (χ3n) is 6.17. The number of amides is 1. The number of Topliss-reactive ketones (excluding diaryl/α,β-unsaturated/α-hetero) is 1. The molecule has 1 aliphatic carbocycles. The molecule has 1 spiro atoms. The van der Waals surface area contributed by atoms with Crippen molar-refractivity contribution in [2.45, 2.75) is 24.2 Å². The van der Waals surface area contributed by atoms with Gasteiger partial charge in [-0.25, -0.2) is 0 Å². The maximum Gasteiger partial charge on any atom is 0.323 e. The van der Waals surface area contributed by atoms with Gasteiger partial charge in [0.15, 0.2) is 5.78 Å². The summed E-state index contributed by atoms with van der Waals surface area (Å²) in [5.41, 5.74) is 4.74. The van der Waals surface area contributed by atoms with Gasteiger partial charge in [-0.1, -0.05) is 18.2 Å². The van der Waals surface area contributed by atoms with Crippen LogP contribution >= 0.6 is 0 Å². The Morgan fingerprint density at radius 2 is 2.03 bits per heavy atom. The van der Waals surface area contributed by atoms with Gasteiger partial charge < -0.3 is 20.0 Å². The second-order valence-electron chi connectivity index (χ2n) is 7.85. The molecule has 1 amide bonds. The zero-order valence-corrected chi connectivity index (χ0v) is 16.7. The molecule has 1 aromatic carbocycles. The number of furan rings is 1. The van der Waals surface area contributed by atoms with E-state index in [2.05, 4.69) is 0 Å². The zero-order chi connectivity index (χ0) is 22.6. The van der Waals surface area contributed by atoms with Gasteiger partial charge in [0.25, 0.3) is 0 Å². The number of anilines is 1. The van der Waals surface area contributed by atoms with Crippen molar-refractivity contribution in [3.05, 3.63) is 76.8 Å². The Labute approximate surface area is 182 Å². The van der Waals surface area contributed by atoms with Gasteiger partial charge in [-0.15, -0.1) is 0 Å². The van der Waals surface area contributed by atoms with E-state index in [0.29, 0.717) is 17.0 Å². The molecule has 2 atom stereocenters. The first kappa shape index (κ1) is 19.6. The predicted molar refractivity (Wildman–Crippen MR) is 109 cm³/mol. The largest absolute Gasteiger partial charge is 0.480 e. The number of nitriles is 1. The van der Waals surface area contributed by atoms with E-state index in [1.807, 2.05) is 6.07 Å². The van der Waals surface area contributed by atoms with E-state index in [0.717, 1.165) is 4.90 Å². The van der Waals surface area contributed by atoms with Gasteiger partial charge in [0.1, 0.15) is 35.1 Å². The van der Waals surface area contributed by atoms with Crippen LogP contribution in [0.3, 0.4) is 0 Å². The lowest BCUT2D eigenvalue weighted by Crippen LogP contribution is -2.50. The van der Waals surface area contributed by atoms with Gasteiger partial charge in [0, 0.05) is 30.0 Å². The first-order valence-electron chi connectivity index (χ1n) is 9.91. The average Bonchev–Trinajstić information content (AvgIpc) is 3.37. The van der Waals surface area contributed by atoms with E-state index in [1.165, 1.54) is 6.26 Å². The fourth-order valence-electron chi connectivity index (χ4n) is 4.98. The molecule has 3 heterocycles. The van der Waals surface area contributed by atoms with Crippen molar-refractivity contribution >= 4 is 23.3 Å². The van der Waals surface area contributed by atoms with E-state index in [1.54, 1.807) is 36.4 Å². The lowest BCUT2D eigenvalue weighted by Gasteiger charge is -2.38.